The predicted molar refractivity (Wildman–Crippen MR) is 124 cm³/mol. The molecule has 2 fully saturated rings. The number of pyridine rings is 1. The van der Waals surface area contributed by atoms with Crippen molar-refractivity contribution in [1.29, 1.82) is 0 Å². The number of aromatic amines is 1. The number of guanidine groups is 1. The lowest BCUT2D eigenvalue weighted by Crippen LogP contribution is -2.44. The molecule has 2 saturated carbocycles. The highest BCUT2D eigenvalue weighted by atomic mass is 16.2. The van der Waals surface area contributed by atoms with Crippen LogP contribution < -0.4 is 16.0 Å². The zero-order valence-corrected chi connectivity index (χ0v) is 18.4. The van der Waals surface area contributed by atoms with Gasteiger partial charge in [0, 0.05) is 36.2 Å². The average Bonchev–Trinajstić information content (AvgIpc) is 3.53. The Morgan fingerprint density at radius 3 is 2.94 bits per heavy atom. The van der Waals surface area contributed by atoms with Gasteiger partial charge in [-0.15, -0.1) is 0 Å². The Balaban J connectivity index is 1.32. The first-order valence-corrected chi connectivity index (χ1v) is 11.2. The van der Waals surface area contributed by atoms with Gasteiger partial charge >= 0.3 is 0 Å². The number of amides is 2. The number of carbonyl (C=O) groups excluding carboxylic acids is 2. The second-order valence-electron chi connectivity index (χ2n) is 9.34. The zero-order valence-electron chi connectivity index (χ0n) is 18.4. The number of hydrogen-bond donors (Lipinski definition) is 4. The molecule has 9 nitrogen and oxygen atoms in total. The summed E-state index contributed by atoms with van der Waals surface area (Å²) < 4.78 is 0. The standard InChI is InChI=1S/C23H29N7O2/c1-30(2)6-5-20(31)26-16-10-17-15(11-24-21(17)25-12-16)9-19-22(32)29-23(28-19)27-18-8-13-3-4-14(18)7-13/h9-14,18H,3-8H2,1-2H3,(H,24,25)(H,26,31)(H2,27,28,29,32). The van der Waals surface area contributed by atoms with Gasteiger partial charge in [0.25, 0.3) is 5.91 Å². The molecule has 2 amide bonds. The van der Waals surface area contributed by atoms with Gasteiger partial charge in [0.05, 0.1) is 11.9 Å². The first-order chi connectivity index (χ1) is 15.4. The minimum Gasteiger partial charge on any atom is -0.353 e. The van der Waals surface area contributed by atoms with Gasteiger partial charge in [0.1, 0.15) is 11.3 Å². The molecule has 5 rings (SSSR count). The molecule has 168 valence electrons. The molecule has 0 spiro atoms. The second-order valence-corrected chi connectivity index (χ2v) is 9.34. The normalized spacial score (nSPS) is 25.6. The molecule has 2 aromatic heterocycles. The molecule has 0 aromatic carbocycles. The van der Waals surface area contributed by atoms with E-state index in [2.05, 4.69) is 30.9 Å². The number of hydrogen-bond acceptors (Lipinski definition) is 6. The van der Waals surface area contributed by atoms with E-state index < -0.39 is 0 Å². The quantitative estimate of drug-likeness (QED) is 0.519. The lowest BCUT2D eigenvalue weighted by Gasteiger charge is -2.23. The minimum absolute atomic E-state index is 0.0635. The van der Waals surface area contributed by atoms with Crippen LogP contribution in [0.25, 0.3) is 17.1 Å². The highest BCUT2D eigenvalue weighted by Crippen LogP contribution is 2.44. The number of H-pyrrole nitrogens is 1. The molecular weight excluding hydrogens is 406 g/mol. The Labute approximate surface area is 186 Å². The van der Waals surface area contributed by atoms with Gasteiger partial charge in [0.2, 0.25) is 11.9 Å². The van der Waals surface area contributed by atoms with Crippen LogP contribution in [-0.4, -0.2) is 59.3 Å². The second kappa shape index (κ2) is 8.38. The van der Waals surface area contributed by atoms with Gasteiger partial charge in [-0.25, -0.2) is 9.98 Å². The van der Waals surface area contributed by atoms with Gasteiger partial charge < -0.3 is 20.5 Å². The Morgan fingerprint density at radius 2 is 2.19 bits per heavy atom. The van der Waals surface area contributed by atoms with Crippen molar-refractivity contribution in [3.8, 4) is 0 Å². The van der Waals surface area contributed by atoms with Crippen molar-refractivity contribution in [1.82, 2.24) is 25.5 Å². The number of nitrogens with zero attached hydrogens (tertiary/aromatic N) is 3. The lowest BCUT2D eigenvalue weighted by molar-refractivity contribution is -0.116. The number of anilines is 1. The van der Waals surface area contributed by atoms with Crippen molar-refractivity contribution in [2.24, 2.45) is 16.8 Å². The maximum absolute atomic E-state index is 12.5. The summed E-state index contributed by atoms with van der Waals surface area (Å²) in [6.07, 6.45) is 10.6. The molecule has 2 aliphatic carbocycles. The Kier molecular flexibility index (Phi) is 5.42. The van der Waals surface area contributed by atoms with Crippen molar-refractivity contribution in [3.05, 3.63) is 29.7 Å². The fourth-order valence-electron chi connectivity index (χ4n) is 5.04. The van der Waals surface area contributed by atoms with E-state index in [9.17, 15) is 9.59 Å². The van der Waals surface area contributed by atoms with Crippen LogP contribution in [0, 0.1) is 11.8 Å². The van der Waals surface area contributed by atoms with Crippen molar-refractivity contribution >= 4 is 40.6 Å². The lowest BCUT2D eigenvalue weighted by atomic mass is 9.95. The number of carbonyl (C=O) groups is 2. The van der Waals surface area contributed by atoms with E-state index in [-0.39, 0.29) is 11.8 Å². The van der Waals surface area contributed by atoms with Crippen molar-refractivity contribution < 1.29 is 9.59 Å². The van der Waals surface area contributed by atoms with E-state index in [1.54, 1.807) is 18.5 Å². The molecule has 2 bridgehead atoms. The molecule has 4 N–H and O–H groups in total. The number of fused-ring (bicyclic) bond motifs is 3. The fraction of sp³-hybridized carbons (Fsp3) is 0.478. The molecule has 9 heteroatoms. The SMILES string of the molecule is CN(C)CCC(=O)Nc1cnc2[nH]cc(C=C3N=C(NC4CC5CCC4C5)NC3=O)c2c1. The van der Waals surface area contributed by atoms with E-state index in [1.165, 1.54) is 19.3 Å². The van der Waals surface area contributed by atoms with Gasteiger partial charge in [-0.1, -0.05) is 6.42 Å². The van der Waals surface area contributed by atoms with Crippen LogP contribution in [0.3, 0.4) is 0 Å². The molecule has 3 atom stereocenters. The largest absolute Gasteiger partial charge is 0.353 e. The van der Waals surface area contributed by atoms with Crippen LogP contribution in [0.5, 0.6) is 0 Å². The Bertz CT molecular complexity index is 1120. The predicted octanol–water partition coefficient (Wildman–Crippen LogP) is 2.06. The third-order valence-corrected chi connectivity index (χ3v) is 6.68. The summed E-state index contributed by atoms with van der Waals surface area (Å²) in [4.78, 5) is 38.6. The van der Waals surface area contributed by atoms with E-state index >= 15 is 0 Å². The molecule has 1 aliphatic heterocycles. The topological polar surface area (TPSA) is 115 Å². The van der Waals surface area contributed by atoms with Gasteiger partial charge in [-0.05, 0) is 57.3 Å². The third-order valence-electron chi connectivity index (χ3n) is 6.68. The first kappa shape index (κ1) is 20.7. The zero-order chi connectivity index (χ0) is 22.2. The van der Waals surface area contributed by atoms with Crippen LogP contribution in [0.2, 0.25) is 0 Å². The van der Waals surface area contributed by atoms with E-state index in [0.29, 0.717) is 47.9 Å². The minimum atomic E-state index is -0.217. The third kappa shape index (κ3) is 4.25. The van der Waals surface area contributed by atoms with Crippen molar-refractivity contribution in [3.63, 3.8) is 0 Å². The van der Waals surface area contributed by atoms with Crippen LogP contribution in [0.15, 0.2) is 29.1 Å². The molecule has 32 heavy (non-hydrogen) atoms. The molecule has 3 aliphatic rings. The summed E-state index contributed by atoms with van der Waals surface area (Å²) in [6.45, 7) is 0.675. The molecule has 0 saturated heterocycles. The van der Waals surface area contributed by atoms with Gasteiger partial charge in [-0.3, -0.25) is 14.9 Å². The highest BCUT2D eigenvalue weighted by Gasteiger charge is 2.40. The van der Waals surface area contributed by atoms with Crippen LogP contribution in [0.4, 0.5) is 5.69 Å². The summed E-state index contributed by atoms with van der Waals surface area (Å²) in [7, 11) is 3.86. The summed E-state index contributed by atoms with van der Waals surface area (Å²) in [6, 6.07) is 2.27. The molecule has 3 unspecified atom stereocenters. The fourth-order valence-corrected chi connectivity index (χ4v) is 5.04. The van der Waals surface area contributed by atoms with Gasteiger partial charge in [-0.2, -0.15) is 0 Å². The molecular formula is C23H29N7O2. The van der Waals surface area contributed by atoms with Crippen LogP contribution in [0.1, 0.15) is 37.7 Å². The summed E-state index contributed by atoms with van der Waals surface area (Å²) in [5.41, 5.74) is 2.47. The highest BCUT2D eigenvalue weighted by molar-refractivity contribution is 6.14. The number of aromatic nitrogens is 2. The summed E-state index contributed by atoms with van der Waals surface area (Å²) >= 11 is 0. The van der Waals surface area contributed by atoms with E-state index in [0.717, 1.165) is 23.3 Å². The molecule has 2 aromatic rings. The molecule has 0 radical (unpaired) electrons. The number of nitrogens with one attached hydrogen (secondary N) is 4. The number of aliphatic imine (C=N–C) groups is 1. The van der Waals surface area contributed by atoms with Gasteiger partial charge in [0.15, 0.2) is 0 Å². The van der Waals surface area contributed by atoms with E-state index in [4.69, 9.17) is 0 Å². The van der Waals surface area contributed by atoms with Crippen LogP contribution >= 0.6 is 0 Å². The van der Waals surface area contributed by atoms with E-state index in [1.807, 2.05) is 25.1 Å². The maximum Gasteiger partial charge on any atom is 0.276 e. The average molecular weight is 436 g/mol. The summed E-state index contributed by atoms with van der Waals surface area (Å²) in [5, 5.41) is 10.0. The first-order valence-electron chi connectivity index (χ1n) is 11.2. The maximum atomic E-state index is 12.5. The Hall–Kier alpha value is -3.20. The van der Waals surface area contributed by atoms with Crippen molar-refractivity contribution in [2.45, 2.75) is 38.1 Å². The molecule has 3 heterocycles. The van der Waals surface area contributed by atoms with Crippen molar-refractivity contribution in [2.75, 3.05) is 26.0 Å². The smallest absolute Gasteiger partial charge is 0.276 e. The monoisotopic (exact) mass is 435 g/mol. The summed E-state index contributed by atoms with van der Waals surface area (Å²) in [5.74, 6) is 1.78. The Morgan fingerprint density at radius 1 is 1.31 bits per heavy atom. The number of rotatable bonds is 6. The van der Waals surface area contributed by atoms with Crippen LogP contribution in [-0.2, 0) is 9.59 Å².